The Hall–Kier alpha value is -2.36. The van der Waals surface area contributed by atoms with Crippen molar-refractivity contribution in [2.45, 2.75) is 56.9 Å². The number of amides is 1. The van der Waals surface area contributed by atoms with Crippen LogP contribution in [0.3, 0.4) is 0 Å². The number of H-pyrrole nitrogens is 1. The summed E-state index contributed by atoms with van der Waals surface area (Å²) in [7, 11) is -3.71. The molecule has 1 aliphatic heterocycles. The highest BCUT2D eigenvalue weighted by atomic mass is 32.2. The van der Waals surface area contributed by atoms with Crippen molar-refractivity contribution in [3.8, 4) is 0 Å². The second kappa shape index (κ2) is 9.12. The number of sulfonamides is 1. The molecule has 0 aliphatic carbocycles. The lowest BCUT2D eigenvalue weighted by molar-refractivity contribution is -0.132. The SMILES string of the molecule is Cc1ccc(S(=O)(=O)N2C[C@H](C(C)C)N(C(=O)CSc3nc4ccc(C)cc4[nH]3)[C@H]2C)cc1. The van der Waals surface area contributed by atoms with Gasteiger partial charge in [0.2, 0.25) is 15.9 Å². The van der Waals surface area contributed by atoms with E-state index >= 15 is 0 Å². The average Bonchev–Trinajstić information content (AvgIpc) is 3.33. The first-order valence-electron chi connectivity index (χ1n) is 11.1. The number of hydrogen-bond donors (Lipinski definition) is 1. The number of aryl methyl sites for hydroxylation is 2. The highest BCUT2D eigenvalue weighted by Gasteiger charge is 2.46. The summed E-state index contributed by atoms with van der Waals surface area (Å²) in [6, 6.07) is 12.6. The van der Waals surface area contributed by atoms with Crippen molar-refractivity contribution in [1.82, 2.24) is 19.2 Å². The number of hydrogen-bond acceptors (Lipinski definition) is 5. The van der Waals surface area contributed by atoms with Crippen LogP contribution in [0.4, 0.5) is 0 Å². The Labute approximate surface area is 199 Å². The van der Waals surface area contributed by atoms with E-state index in [1.54, 1.807) is 36.1 Å². The second-order valence-corrected chi connectivity index (χ2v) is 11.8. The molecule has 4 rings (SSSR count). The van der Waals surface area contributed by atoms with Crippen LogP contribution in [-0.4, -0.2) is 58.0 Å². The number of fused-ring (bicyclic) bond motifs is 1. The molecule has 2 atom stereocenters. The molecule has 9 heteroatoms. The molecule has 0 bridgehead atoms. The Kier molecular flexibility index (Phi) is 6.57. The monoisotopic (exact) mass is 486 g/mol. The van der Waals surface area contributed by atoms with Gasteiger partial charge in [0.15, 0.2) is 5.16 Å². The molecule has 176 valence electrons. The summed E-state index contributed by atoms with van der Waals surface area (Å²) in [5.74, 6) is 0.211. The Bertz CT molecular complexity index is 1270. The molecule has 0 saturated carbocycles. The molecule has 7 nitrogen and oxygen atoms in total. The average molecular weight is 487 g/mol. The van der Waals surface area contributed by atoms with Gasteiger partial charge in [0, 0.05) is 12.6 Å². The van der Waals surface area contributed by atoms with Crippen LogP contribution in [-0.2, 0) is 14.8 Å². The first-order valence-corrected chi connectivity index (χ1v) is 13.5. The number of benzene rings is 2. The largest absolute Gasteiger partial charge is 0.333 e. The molecule has 0 radical (unpaired) electrons. The van der Waals surface area contributed by atoms with E-state index in [1.165, 1.54) is 16.1 Å². The van der Waals surface area contributed by atoms with Crippen molar-refractivity contribution in [3.05, 3.63) is 53.6 Å². The van der Waals surface area contributed by atoms with E-state index < -0.39 is 16.2 Å². The van der Waals surface area contributed by atoms with E-state index in [2.05, 4.69) is 9.97 Å². The van der Waals surface area contributed by atoms with Crippen LogP contribution >= 0.6 is 11.8 Å². The van der Waals surface area contributed by atoms with Gasteiger partial charge >= 0.3 is 0 Å². The molecule has 3 aromatic rings. The molecule has 2 heterocycles. The summed E-state index contributed by atoms with van der Waals surface area (Å²) >= 11 is 1.34. The van der Waals surface area contributed by atoms with Crippen LogP contribution < -0.4 is 0 Å². The minimum Gasteiger partial charge on any atom is -0.333 e. The molecule has 1 aliphatic rings. The first kappa shape index (κ1) is 23.8. The minimum atomic E-state index is -3.71. The van der Waals surface area contributed by atoms with Crippen molar-refractivity contribution >= 4 is 38.7 Å². The number of nitrogens with zero attached hydrogens (tertiary/aromatic N) is 3. The van der Waals surface area contributed by atoms with Crippen molar-refractivity contribution in [2.75, 3.05) is 12.3 Å². The third-order valence-corrected chi connectivity index (χ3v) is 8.97. The molecule has 0 unspecified atom stereocenters. The van der Waals surface area contributed by atoms with Crippen LogP contribution in [0.2, 0.25) is 0 Å². The third kappa shape index (κ3) is 4.67. The van der Waals surface area contributed by atoms with Gasteiger partial charge in [0.25, 0.3) is 0 Å². The predicted molar refractivity (Wildman–Crippen MR) is 132 cm³/mol. The standard InChI is InChI=1S/C24H30N4O3S2/c1-15(2)22-13-27(33(30,31)19-9-6-16(3)7-10-19)18(5)28(22)23(29)14-32-24-25-20-11-8-17(4)12-21(20)26-24/h6-12,15,18,22H,13-14H2,1-5H3,(H,25,26)/t18-,22+/m0/s1. The fourth-order valence-corrected chi connectivity index (χ4v) is 6.64. The number of aromatic amines is 1. The molecule has 1 amide bonds. The lowest BCUT2D eigenvalue weighted by Crippen LogP contribution is -2.46. The minimum absolute atomic E-state index is 0.0931. The third-order valence-electron chi connectivity index (χ3n) is 6.18. The number of carbonyl (C=O) groups is 1. The van der Waals surface area contributed by atoms with E-state index in [-0.39, 0.29) is 35.1 Å². The molecule has 1 fully saturated rings. The summed E-state index contributed by atoms with van der Waals surface area (Å²) in [5.41, 5.74) is 3.94. The van der Waals surface area contributed by atoms with Gasteiger partial charge in [-0.3, -0.25) is 4.79 Å². The van der Waals surface area contributed by atoms with E-state index in [1.807, 2.05) is 45.9 Å². The maximum atomic E-state index is 13.4. The van der Waals surface area contributed by atoms with Crippen molar-refractivity contribution in [3.63, 3.8) is 0 Å². The van der Waals surface area contributed by atoms with Gasteiger partial charge in [0.1, 0.15) is 0 Å². The van der Waals surface area contributed by atoms with Crippen molar-refractivity contribution in [1.29, 1.82) is 0 Å². The number of rotatable bonds is 6. The Morgan fingerprint density at radius 2 is 1.82 bits per heavy atom. The van der Waals surface area contributed by atoms with E-state index in [4.69, 9.17) is 0 Å². The lowest BCUT2D eigenvalue weighted by atomic mass is 10.0. The molecule has 1 N–H and O–H groups in total. The molecule has 0 spiro atoms. The fraction of sp³-hybridized carbons (Fsp3) is 0.417. The molecular weight excluding hydrogens is 456 g/mol. The molecule has 33 heavy (non-hydrogen) atoms. The van der Waals surface area contributed by atoms with E-state index in [0.29, 0.717) is 5.16 Å². The fourth-order valence-electron chi connectivity index (χ4n) is 4.28. The Morgan fingerprint density at radius 3 is 2.48 bits per heavy atom. The molecule has 1 aromatic heterocycles. The normalized spacial score (nSPS) is 19.6. The van der Waals surface area contributed by atoms with Gasteiger partial charge in [-0.25, -0.2) is 13.4 Å². The highest BCUT2D eigenvalue weighted by Crippen LogP contribution is 2.32. The van der Waals surface area contributed by atoms with Crippen LogP contribution in [0.15, 0.2) is 52.5 Å². The predicted octanol–water partition coefficient (Wildman–Crippen LogP) is 4.18. The van der Waals surface area contributed by atoms with Gasteiger partial charge in [-0.15, -0.1) is 0 Å². The Morgan fingerprint density at radius 1 is 1.15 bits per heavy atom. The molecular formula is C24H30N4O3S2. The van der Waals surface area contributed by atoms with Crippen molar-refractivity contribution in [2.24, 2.45) is 5.92 Å². The molecule has 2 aromatic carbocycles. The zero-order valence-electron chi connectivity index (χ0n) is 19.6. The number of aromatic nitrogens is 2. The number of carbonyl (C=O) groups excluding carboxylic acids is 1. The summed E-state index contributed by atoms with van der Waals surface area (Å²) in [5, 5.41) is 0.682. The summed E-state index contributed by atoms with van der Waals surface area (Å²) in [4.78, 5) is 23.1. The quantitative estimate of drug-likeness (QED) is 0.529. The van der Waals surface area contributed by atoms with Gasteiger partial charge in [0.05, 0.1) is 27.8 Å². The zero-order chi connectivity index (χ0) is 23.9. The highest BCUT2D eigenvalue weighted by molar-refractivity contribution is 7.99. The first-order chi connectivity index (χ1) is 15.6. The van der Waals surface area contributed by atoms with Gasteiger partial charge < -0.3 is 9.88 Å². The van der Waals surface area contributed by atoms with Crippen LogP contribution in [0.5, 0.6) is 0 Å². The zero-order valence-corrected chi connectivity index (χ0v) is 21.2. The number of imidazole rings is 1. The summed E-state index contributed by atoms with van der Waals surface area (Å²) in [6.07, 6.45) is -0.560. The Balaban J connectivity index is 1.53. The number of nitrogens with one attached hydrogen (secondary N) is 1. The second-order valence-electron chi connectivity index (χ2n) is 8.98. The topological polar surface area (TPSA) is 86.4 Å². The smallest absolute Gasteiger partial charge is 0.244 e. The van der Waals surface area contributed by atoms with E-state index in [0.717, 1.165) is 22.2 Å². The maximum Gasteiger partial charge on any atom is 0.244 e. The van der Waals surface area contributed by atoms with Crippen LogP contribution in [0.25, 0.3) is 11.0 Å². The van der Waals surface area contributed by atoms with Crippen LogP contribution in [0, 0.1) is 19.8 Å². The van der Waals surface area contributed by atoms with Gasteiger partial charge in [-0.2, -0.15) is 4.31 Å². The summed E-state index contributed by atoms with van der Waals surface area (Å²) in [6.45, 7) is 10.1. The number of thioether (sulfide) groups is 1. The lowest BCUT2D eigenvalue weighted by Gasteiger charge is -2.30. The van der Waals surface area contributed by atoms with Gasteiger partial charge in [-0.1, -0.05) is 49.4 Å². The molecule has 1 saturated heterocycles. The maximum absolute atomic E-state index is 13.4. The van der Waals surface area contributed by atoms with Crippen LogP contribution in [0.1, 0.15) is 31.9 Å². The van der Waals surface area contributed by atoms with E-state index in [9.17, 15) is 13.2 Å². The summed E-state index contributed by atoms with van der Waals surface area (Å²) < 4.78 is 28.2. The van der Waals surface area contributed by atoms with Gasteiger partial charge in [-0.05, 0) is 56.5 Å². The van der Waals surface area contributed by atoms with Crippen molar-refractivity contribution < 1.29 is 13.2 Å².